The molecule has 0 saturated carbocycles. The Labute approximate surface area is 138 Å². The quantitative estimate of drug-likeness (QED) is 0.872. The third-order valence-electron chi connectivity index (χ3n) is 4.58. The molecule has 2 aromatic rings. The summed E-state index contributed by atoms with van der Waals surface area (Å²) in [4.78, 5) is 12.4. The van der Waals surface area contributed by atoms with Crippen LogP contribution in [-0.2, 0) is 7.05 Å². The van der Waals surface area contributed by atoms with E-state index in [0.717, 1.165) is 24.1 Å². The summed E-state index contributed by atoms with van der Waals surface area (Å²) >= 11 is 0. The van der Waals surface area contributed by atoms with Gasteiger partial charge in [0.1, 0.15) is 5.69 Å². The van der Waals surface area contributed by atoms with Gasteiger partial charge in [-0.2, -0.15) is 5.10 Å². The lowest BCUT2D eigenvalue weighted by atomic mass is 9.95. The Morgan fingerprint density at radius 3 is 2.26 bits per heavy atom. The number of carbonyl (C=O) groups excluding carboxylic acids is 1. The molecule has 23 heavy (non-hydrogen) atoms. The number of nitrogens with one attached hydrogen (secondary N) is 1. The molecular formula is C19H27N3O. The van der Waals surface area contributed by atoms with Crippen molar-refractivity contribution in [3.05, 3.63) is 52.8 Å². The van der Waals surface area contributed by atoms with Gasteiger partial charge in [0.15, 0.2) is 0 Å². The number of aromatic nitrogens is 2. The fraction of sp³-hybridized carbons (Fsp3) is 0.474. The van der Waals surface area contributed by atoms with Crippen molar-refractivity contribution in [2.75, 3.05) is 0 Å². The minimum atomic E-state index is -0.119. The number of hydrogen-bond donors (Lipinski definition) is 1. The van der Waals surface area contributed by atoms with Gasteiger partial charge in [-0.3, -0.25) is 9.48 Å². The highest BCUT2D eigenvalue weighted by atomic mass is 16.2. The van der Waals surface area contributed by atoms with Crippen LogP contribution in [0.4, 0.5) is 0 Å². The Morgan fingerprint density at radius 1 is 1.17 bits per heavy atom. The van der Waals surface area contributed by atoms with E-state index in [1.807, 2.05) is 20.0 Å². The van der Waals surface area contributed by atoms with Crippen LogP contribution in [0.1, 0.15) is 72.9 Å². The first kappa shape index (κ1) is 17.3. The Hall–Kier alpha value is -2.10. The third kappa shape index (κ3) is 4.01. The SMILES string of the molecule is CCC(C)c1ccc(C(CC)NC(=O)c2cc(C)n(C)n2)cc1. The summed E-state index contributed by atoms with van der Waals surface area (Å²) in [5, 5.41) is 7.33. The van der Waals surface area contributed by atoms with Crippen molar-refractivity contribution in [1.82, 2.24) is 15.1 Å². The molecule has 1 amide bonds. The van der Waals surface area contributed by atoms with Gasteiger partial charge in [0.25, 0.3) is 5.91 Å². The Kier molecular flexibility index (Phi) is 5.59. The molecule has 2 atom stereocenters. The van der Waals surface area contributed by atoms with Crippen molar-refractivity contribution in [3.63, 3.8) is 0 Å². The van der Waals surface area contributed by atoms with E-state index in [1.165, 1.54) is 5.56 Å². The molecule has 0 aliphatic heterocycles. The normalized spacial score (nSPS) is 13.6. The zero-order valence-corrected chi connectivity index (χ0v) is 14.8. The summed E-state index contributed by atoms with van der Waals surface area (Å²) in [5.41, 5.74) is 3.93. The van der Waals surface area contributed by atoms with Crippen molar-refractivity contribution >= 4 is 5.91 Å². The summed E-state index contributed by atoms with van der Waals surface area (Å²) < 4.78 is 1.72. The van der Waals surface area contributed by atoms with E-state index < -0.39 is 0 Å². The fourth-order valence-corrected chi connectivity index (χ4v) is 2.62. The molecule has 1 aromatic heterocycles. The summed E-state index contributed by atoms with van der Waals surface area (Å²) in [7, 11) is 1.84. The number of nitrogens with zero attached hydrogens (tertiary/aromatic N) is 2. The molecule has 0 spiro atoms. The largest absolute Gasteiger partial charge is 0.344 e. The number of amides is 1. The van der Waals surface area contributed by atoms with Crippen molar-refractivity contribution in [1.29, 1.82) is 0 Å². The molecule has 2 rings (SSSR count). The molecule has 0 fully saturated rings. The van der Waals surface area contributed by atoms with Crippen LogP contribution in [0.2, 0.25) is 0 Å². The molecule has 0 bridgehead atoms. The van der Waals surface area contributed by atoms with Gasteiger partial charge < -0.3 is 5.32 Å². The number of benzene rings is 1. The van der Waals surface area contributed by atoms with Crippen molar-refractivity contribution in [2.24, 2.45) is 7.05 Å². The monoisotopic (exact) mass is 313 g/mol. The first-order valence-corrected chi connectivity index (χ1v) is 8.37. The Balaban J connectivity index is 2.11. The van der Waals surface area contributed by atoms with Gasteiger partial charge in [0.2, 0.25) is 0 Å². The summed E-state index contributed by atoms with van der Waals surface area (Å²) in [6.45, 7) is 8.45. The molecule has 0 aliphatic rings. The molecule has 4 heteroatoms. The molecule has 0 aliphatic carbocycles. The van der Waals surface area contributed by atoms with Gasteiger partial charge in [0, 0.05) is 12.7 Å². The first-order valence-electron chi connectivity index (χ1n) is 8.37. The maximum absolute atomic E-state index is 12.4. The molecular weight excluding hydrogens is 286 g/mol. The van der Waals surface area contributed by atoms with Gasteiger partial charge in [-0.05, 0) is 42.9 Å². The maximum Gasteiger partial charge on any atom is 0.272 e. The number of rotatable bonds is 6. The topological polar surface area (TPSA) is 46.9 Å². The van der Waals surface area contributed by atoms with Gasteiger partial charge >= 0.3 is 0 Å². The van der Waals surface area contributed by atoms with Gasteiger partial charge in [-0.15, -0.1) is 0 Å². The summed E-state index contributed by atoms with van der Waals surface area (Å²) in [6, 6.07) is 10.4. The highest BCUT2D eigenvalue weighted by molar-refractivity contribution is 5.92. The van der Waals surface area contributed by atoms with E-state index in [0.29, 0.717) is 11.6 Å². The molecule has 0 radical (unpaired) electrons. The van der Waals surface area contributed by atoms with Crippen LogP contribution in [0, 0.1) is 6.92 Å². The molecule has 1 aromatic carbocycles. The minimum absolute atomic E-state index is 0.01000. The number of carbonyl (C=O) groups is 1. The van der Waals surface area contributed by atoms with Crippen molar-refractivity contribution in [2.45, 2.75) is 52.5 Å². The smallest absolute Gasteiger partial charge is 0.272 e. The van der Waals surface area contributed by atoms with Gasteiger partial charge in [-0.1, -0.05) is 45.0 Å². The zero-order valence-electron chi connectivity index (χ0n) is 14.8. The van der Waals surface area contributed by atoms with Crippen LogP contribution < -0.4 is 5.32 Å². The van der Waals surface area contributed by atoms with Crippen LogP contribution in [0.5, 0.6) is 0 Å². The van der Waals surface area contributed by atoms with E-state index >= 15 is 0 Å². The summed E-state index contributed by atoms with van der Waals surface area (Å²) in [6.07, 6.45) is 1.98. The molecule has 0 saturated heterocycles. The Morgan fingerprint density at radius 2 is 1.78 bits per heavy atom. The number of hydrogen-bond acceptors (Lipinski definition) is 2. The van der Waals surface area contributed by atoms with Gasteiger partial charge in [-0.25, -0.2) is 0 Å². The Bertz CT molecular complexity index is 638. The van der Waals surface area contributed by atoms with Gasteiger partial charge in [0.05, 0.1) is 6.04 Å². The fourth-order valence-electron chi connectivity index (χ4n) is 2.62. The van der Waals surface area contributed by atoms with Crippen molar-refractivity contribution < 1.29 is 4.79 Å². The second-order valence-electron chi connectivity index (χ2n) is 6.20. The maximum atomic E-state index is 12.4. The standard InChI is InChI=1S/C19H27N3O/c1-6-13(3)15-8-10-16(11-9-15)17(7-2)20-19(23)18-12-14(4)22(5)21-18/h8-13,17H,6-7H2,1-5H3,(H,20,23). The second-order valence-corrected chi connectivity index (χ2v) is 6.20. The second kappa shape index (κ2) is 7.44. The van der Waals surface area contributed by atoms with E-state index in [1.54, 1.807) is 4.68 Å². The molecule has 124 valence electrons. The third-order valence-corrected chi connectivity index (χ3v) is 4.58. The van der Waals surface area contributed by atoms with E-state index in [2.05, 4.69) is 55.5 Å². The lowest BCUT2D eigenvalue weighted by Gasteiger charge is -2.18. The molecule has 1 N–H and O–H groups in total. The summed E-state index contributed by atoms with van der Waals surface area (Å²) in [5.74, 6) is 0.446. The highest BCUT2D eigenvalue weighted by Gasteiger charge is 2.17. The lowest BCUT2D eigenvalue weighted by molar-refractivity contribution is 0.0930. The average Bonchev–Trinajstić information content (AvgIpc) is 2.91. The van der Waals surface area contributed by atoms with Crippen molar-refractivity contribution in [3.8, 4) is 0 Å². The lowest BCUT2D eigenvalue weighted by Crippen LogP contribution is -2.28. The first-order chi connectivity index (χ1) is 11.0. The van der Waals surface area contributed by atoms with E-state index in [4.69, 9.17) is 0 Å². The number of aryl methyl sites for hydroxylation is 2. The molecule has 4 nitrogen and oxygen atoms in total. The minimum Gasteiger partial charge on any atom is -0.344 e. The van der Waals surface area contributed by atoms with Crippen LogP contribution in [0.3, 0.4) is 0 Å². The predicted molar refractivity (Wildman–Crippen MR) is 93.6 cm³/mol. The van der Waals surface area contributed by atoms with E-state index in [9.17, 15) is 4.79 Å². The predicted octanol–water partition coefficient (Wildman–Crippen LogP) is 4.12. The van der Waals surface area contributed by atoms with Crippen LogP contribution in [-0.4, -0.2) is 15.7 Å². The molecule has 1 heterocycles. The highest BCUT2D eigenvalue weighted by Crippen LogP contribution is 2.23. The van der Waals surface area contributed by atoms with E-state index in [-0.39, 0.29) is 11.9 Å². The zero-order chi connectivity index (χ0) is 17.0. The van der Waals surface area contributed by atoms with Crippen LogP contribution >= 0.6 is 0 Å². The van der Waals surface area contributed by atoms with Crippen LogP contribution in [0.15, 0.2) is 30.3 Å². The van der Waals surface area contributed by atoms with Crippen LogP contribution in [0.25, 0.3) is 0 Å². The average molecular weight is 313 g/mol. The molecule has 2 unspecified atom stereocenters.